The number of rotatable bonds is 4. The second-order valence-electron chi connectivity index (χ2n) is 6.92. The molecule has 1 N–H and O–H groups in total. The molecule has 1 aliphatic rings. The maximum atomic E-state index is 12.6. The van der Waals surface area contributed by atoms with Crippen LogP contribution in [0.25, 0.3) is 10.2 Å². The van der Waals surface area contributed by atoms with E-state index in [-0.39, 0.29) is 17.4 Å². The van der Waals surface area contributed by atoms with Crippen molar-refractivity contribution in [2.75, 3.05) is 18.0 Å². The lowest BCUT2D eigenvalue weighted by atomic mass is 9.89. The van der Waals surface area contributed by atoms with Gasteiger partial charge in [-0.25, -0.2) is 4.98 Å². The number of aromatic hydroxyl groups is 1. The topological polar surface area (TPSA) is 45.6 Å². The van der Waals surface area contributed by atoms with E-state index in [2.05, 4.69) is 14.6 Å². The first-order valence-electron chi connectivity index (χ1n) is 9.04. The van der Waals surface area contributed by atoms with Gasteiger partial charge in [0.05, 0.1) is 15.9 Å². The lowest BCUT2D eigenvalue weighted by Crippen LogP contribution is -2.34. The van der Waals surface area contributed by atoms with E-state index in [0.29, 0.717) is 12.0 Å². The van der Waals surface area contributed by atoms with Crippen LogP contribution in [0.15, 0.2) is 41.9 Å². The number of alkyl halides is 3. The molecule has 4 rings (SSSR count). The summed E-state index contributed by atoms with van der Waals surface area (Å²) in [5.41, 5.74) is 4.10. The summed E-state index contributed by atoms with van der Waals surface area (Å²) in [6.45, 7) is 1.59. The minimum atomic E-state index is -4.68. The van der Waals surface area contributed by atoms with Gasteiger partial charge in [0, 0.05) is 13.1 Å². The van der Waals surface area contributed by atoms with E-state index in [1.807, 2.05) is 6.07 Å². The molecule has 4 nitrogen and oxygen atoms in total. The number of fused-ring (bicyclic) bond motifs is 1. The Labute approximate surface area is 164 Å². The molecule has 0 saturated carbocycles. The molecule has 0 atom stereocenters. The number of phenolic OH excluding ortho intramolecular Hbond substituents is 1. The number of halogens is 3. The van der Waals surface area contributed by atoms with Gasteiger partial charge in [-0.3, -0.25) is 0 Å². The summed E-state index contributed by atoms with van der Waals surface area (Å²) in [7, 11) is 0. The average molecular weight is 408 g/mol. The predicted octanol–water partition coefficient (Wildman–Crippen LogP) is 5.36. The van der Waals surface area contributed by atoms with Crippen molar-refractivity contribution < 1.29 is 23.0 Å². The van der Waals surface area contributed by atoms with E-state index in [1.54, 1.807) is 29.8 Å². The fourth-order valence-electron chi connectivity index (χ4n) is 3.76. The Morgan fingerprint density at radius 3 is 2.64 bits per heavy atom. The van der Waals surface area contributed by atoms with Crippen LogP contribution in [0.3, 0.4) is 0 Å². The van der Waals surface area contributed by atoms with E-state index < -0.39 is 6.36 Å². The molecule has 0 aliphatic carbocycles. The molecule has 2 aromatic carbocycles. The van der Waals surface area contributed by atoms with E-state index in [9.17, 15) is 18.3 Å². The average Bonchev–Trinajstić information content (AvgIpc) is 3.14. The molecule has 0 unspecified atom stereocenters. The van der Waals surface area contributed by atoms with Crippen LogP contribution in [-0.2, 0) is 6.42 Å². The Morgan fingerprint density at radius 2 is 1.89 bits per heavy atom. The fraction of sp³-hybridized carbons (Fsp3) is 0.350. The highest BCUT2D eigenvalue weighted by Gasteiger charge is 2.32. The Bertz CT molecular complexity index is 965. The number of anilines is 1. The maximum Gasteiger partial charge on any atom is 0.573 e. The van der Waals surface area contributed by atoms with Crippen LogP contribution in [-0.4, -0.2) is 29.5 Å². The van der Waals surface area contributed by atoms with Gasteiger partial charge in [-0.15, -0.1) is 24.5 Å². The van der Waals surface area contributed by atoms with Gasteiger partial charge in [0.15, 0.2) is 0 Å². The summed E-state index contributed by atoms with van der Waals surface area (Å²) in [6, 6.07) is 9.93. The normalized spacial score (nSPS) is 15.9. The van der Waals surface area contributed by atoms with Crippen LogP contribution >= 0.6 is 11.3 Å². The molecule has 1 saturated heterocycles. The van der Waals surface area contributed by atoms with Crippen LogP contribution in [0.1, 0.15) is 18.4 Å². The number of hydrogen-bond acceptors (Lipinski definition) is 5. The first-order chi connectivity index (χ1) is 13.4. The molecule has 0 spiro atoms. The monoisotopic (exact) mass is 408 g/mol. The summed E-state index contributed by atoms with van der Waals surface area (Å²) >= 11 is 1.41. The van der Waals surface area contributed by atoms with Crippen molar-refractivity contribution in [2.45, 2.75) is 25.6 Å². The number of phenols is 1. The van der Waals surface area contributed by atoms with Gasteiger partial charge in [0.2, 0.25) is 0 Å². The van der Waals surface area contributed by atoms with Crippen LogP contribution in [0.2, 0.25) is 0 Å². The van der Waals surface area contributed by atoms with E-state index >= 15 is 0 Å². The smallest absolute Gasteiger partial charge is 0.506 e. The third kappa shape index (κ3) is 4.01. The van der Waals surface area contributed by atoms with Gasteiger partial charge in [0.1, 0.15) is 17.0 Å². The van der Waals surface area contributed by atoms with E-state index in [4.69, 9.17) is 0 Å². The third-order valence-electron chi connectivity index (χ3n) is 5.10. The van der Waals surface area contributed by atoms with Crippen molar-refractivity contribution in [2.24, 2.45) is 5.92 Å². The van der Waals surface area contributed by atoms with Gasteiger partial charge in [-0.1, -0.05) is 18.2 Å². The quantitative estimate of drug-likeness (QED) is 0.631. The van der Waals surface area contributed by atoms with Crippen LogP contribution in [0, 0.1) is 5.92 Å². The highest BCUT2D eigenvalue weighted by Crippen LogP contribution is 2.37. The first-order valence-corrected chi connectivity index (χ1v) is 9.92. The molecular formula is C20H19F3N2O2S. The van der Waals surface area contributed by atoms with Crippen molar-refractivity contribution in [3.63, 3.8) is 0 Å². The molecule has 3 aromatic rings. The second-order valence-corrected chi connectivity index (χ2v) is 7.78. The van der Waals surface area contributed by atoms with Crippen molar-refractivity contribution in [3.05, 3.63) is 47.5 Å². The number of nitrogens with zero attached hydrogens (tertiary/aromatic N) is 2. The molecule has 148 valence electrons. The predicted molar refractivity (Wildman–Crippen MR) is 103 cm³/mol. The second kappa shape index (κ2) is 7.50. The molecule has 1 aromatic heterocycles. The van der Waals surface area contributed by atoms with Crippen molar-refractivity contribution in [1.82, 2.24) is 4.98 Å². The molecule has 0 bridgehead atoms. The van der Waals surface area contributed by atoms with Gasteiger partial charge < -0.3 is 14.7 Å². The molecule has 1 fully saturated rings. The molecule has 0 amide bonds. The van der Waals surface area contributed by atoms with Crippen molar-refractivity contribution >= 4 is 27.2 Å². The largest absolute Gasteiger partial charge is 0.573 e. The maximum absolute atomic E-state index is 12.6. The van der Waals surface area contributed by atoms with Crippen molar-refractivity contribution in [1.29, 1.82) is 0 Å². The Morgan fingerprint density at radius 1 is 1.14 bits per heavy atom. The molecule has 0 radical (unpaired) electrons. The van der Waals surface area contributed by atoms with Gasteiger partial charge in [-0.2, -0.15) is 0 Å². The summed E-state index contributed by atoms with van der Waals surface area (Å²) in [5, 5.41) is 9.96. The minimum Gasteiger partial charge on any atom is -0.506 e. The highest BCUT2D eigenvalue weighted by atomic mass is 32.1. The SMILES string of the molecule is Oc1ccc(N2CCC(Cc3ccccc3OC(F)(F)F)CC2)c2ncsc12. The highest BCUT2D eigenvalue weighted by molar-refractivity contribution is 7.17. The first kappa shape index (κ1) is 18.9. The lowest BCUT2D eigenvalue weighted by Gasteiger charge is -2.34. The number of benzene rings is 2. The van der Waals surface area contributed by atoms with Crippen LogP contribution < -0.4 is 9.64 Å². The van der Waals surface area contributed by atoms with Gasteiger partial charge >= 0.3 is 6.36 Å². The van der Waals surface area contributed by atoms with Gasteiger partial charge in [0.25, 0.3) is 0 Å². The zero-order valence-corrected chi connectivity index (χ0v) is 15.8. The zero-order chi connectivity index (χ0) is 19.7. The molecule has 1 aliphatic heterocycles. The molecule has 8 heteroatoms. The summed E-state index contributed by atoms with van der Waals surface area (Å²) in [5.74, 6) is 0.412. The fourth-order valence-corrected chi connectivity index (χ4v) is 4.48. The number of thiazole rings is 1. The van der Waals surface area contributed by atoms with E-state index in [0.717, 1.165) is 41.8 Å². The minimum absolute atomic E-state index is 0.111. The number of piperidine rings is 1. The number of para-hydroxylation sites is 1. The zero-order valence-electron chi connectivity index (χ0n) is 14.9. The van der Waals surface area contributed by atoms with Crippen LogP contribution in [0.4, 0.5) is 18.9 Å². The standard InChI is InChI=1S/C20H19F3N2O2S/c21-20(22,23)27-17-4-2-1-3-14(17)11-13-7-9-25(10-8-13)15-5-6-16(26)19-18(15)24-12-28-19/h1-6,12-13,26H,7-11H2. The van der Waals surface area contributed by atoms with Crippen LogP contribution in [0.5, 0.6) is 11.5 Å². The number of ether oxygens (including phenoxy) is 1. The summed E-state index contributed by atoms with van der Waals surface area (Å²) in [4.78, 5) is 6.61. The van der Waals surface area contributed by atoms with Gasteiger partial charge in [-0.05, 0) is 48.9 Å². The van der Waals surface area contributed by atoms with E-state index in [1.165, 1.54) is 17.4 Å². The molecule has 28 heavy (non-hydrogen) atoms. The number of aromatic nitrogens is 1. The summed E-state index contributed by atoms with van der Waals surface area (Å²) < 4.78 is 42.8. The Kier molecular flexibility index (Phi) is 5.05. The lowest BCUT2D eigenvalue weighted by molar-refractivity contribution is -0.274. The Balaban J connectivity index is 1.44. The Hall–Kier alpha value is -2.48. The molecule has 2 heterocycles. The summed E-state index contributed by atoms with van der Waals surface area (Å²) in [6.07, 6.45) is -2.39. The number of hydrogen-bond donors (Lipinski definition) is 1. The molecular weight excluding hydrogens is 389 g/mol. The van der Waals surface area contributed by atoms with Crippen molar-refractivity contribution in [3.8, 4) is 11.5 Å². The third-order valence-corrected chi connectivity index (χ3v) is 5.95.